The van der Waals surface area contributed by atoms with Gasteiger partial charge in [-0.3, -0.25) is 5.41 Å². The first kappa shape index (κ1) is 19.6. The molecule has 2 heterocycles. The topological polar surface area (TPSA) is 69.2 Å². The molecule has 1 aliphatic heterocycles. The summed E-state index contributed by atoms with van der Waals surface area (Å²) in [5.41, 5.74) is 2.17. The number of hydrogen-bond acceptors (Lipinski definition) is 5. The van der Waals surface area contributed by atoms with Crippen LogP contribution in [0, 0.1) is 5.41 Å². The summed E-state index contributed by atoms with van der Waals surface area (Å²) in [5.74, 6) is 1.22. The Morgan fingerprint density at radius 3 is 2.83 bits per heavy atom. The zero-order valence-corrected chi connectivity index (χ0v) is 17.0. The second-order valence-corrected chi connectivity index (χ2v) is 8.17. The number of ether oxygens (including phenoxy) is 1. The summed E-state index contributed by atoms with van der Waals surface area (Å²) in [7, 11) is 0. The molecule has 0 saturated carbocycles. The van der Waals surface area contributed by atoms with Gasteiger partial charge in [0.15, 0.2) is 0 Å². The molecule has 4 N–H and O–H groups in total. The van der Waals surface area contributed by atoms with Crippen LogP contribution in [0.1, 0.15) is 16.9 Å². The summed E-state index contributed by atoms with van der Waals surface area (Å²) in [6.45, 7) is 2.49. The van der Waals surface area contributed by atoms with Crippen LogP contribution in [0.3, 0.4) is 0 Å². The molecule has 150 valence electrons. The van der Waals surface area contributed by atoms with Gasteiger partial charge in [0.1, 0.15) is 18.2 Å². The molecule has 1 aliphatic rings. The van der Waals surface area contributed by atoms with Gasteiger partial charge in [0.2, 0.25) is 0 Å². The maximum absolute atomic E-state index is 8.16. The highest BCUT2D eigenvalue weighted by Crippen LogP contribution is 2.20. The molecule has 0 bridgehead atoms. The van der Waals surface area contributed by atoms with E-state index in [0.717, 1.165) is 35.8 Å². The van der Waals surface area contributed by atoms with Gasteiger partial charge < -0.3 is 20.7 Å². The van der Waals surface area contributed by atoms with Gasteiger partial charge in [-0.25, -0.2) is 0 Å². The first-order valence-corrected chi connectivity index (χ1v) is 10.8. The van der Waals surface area contributed by atoms with Crippen LogP contribution in [0.15, 0.2) is 72.1 Å². The van der Waals surface area contributed by atoms with E-state index in [9.17, 15) is 0 Å². The fourth-order valence-corrected chi connectivity index (χ4v) is 4.08. The average molecular weight is 407 g/mol. The third-order valence-electron chi connectivity index (χ3n) is 4.98. The van der Waals surface area contributed by atoms with E-state index in [1.807, 2.05) is 47.8 Å². The van der Waals surface area contributed by atoms with E-state index >= 15 is 0 Å². The second kappa shape index (κ2) is 9.69. The molecule has 29 heavy (non-hydrogen) atoms. The molecule has 0 radical (unpaired) electrons. The van der Waals surface area contributed by atoms with Crippen LogP contribution in [0.2, 0.25) is 0 Å². The third kappa shape index (κ3) is 5.67. The molecule has 2 atom stereocenters. The summed E-state index contributed by atoms with van der Waals surface area (Å²) in [6, 6.07) is 23.0. The zero-order valence-electron chi connectivity index (χ0n) is 16.2. The summed E-state index contributed by atoms with van der Waals surface area (Å²) in [4.78, 5) is 0.917. The van der Waals surface area contributed by atoms with Crippen LogP contribution >= 0.6 is 11.3 Å². The lowest BCUT2D eigenvalue weighted by Gasteiger charge is -2.14. The van der Waals surface area contributed by atoms with Crippen molar-refractivity contribution in [2.75, 3.05) is 18.5 Å². The molecule has 3 aromatic rings. The number of benzene rings is 2. The largest absolute Gasteiger partial charge is 0.492 e. The Morgan fingerprint density at radius 1 is 1.10 bits per heavy atom. The summed E-state index contributed by atoms with van der Waals surface area (Å²) in [6.07, 6.45) is 1.05. The molecule has 0 aliphatic carbocycles. The van der Waals surface area contributed by atoms with Crippen LogP contribution in [-0.4, -0.2) is 31.1 Å². The predicted octanol–water partition coefficient (Wildman–Crippen LogP) is 4.08. The van der Waals surface area contributed by atoms with Crippen LogP contribution < -0.4 is 20.7 Å². The fourth-order valence-electron chi connectivity index (χ4n) is 3.45. The first-order valence-electron chi connectivity index (χ1n) is 9.89. The van der Waals surface area contributed by atoms with Crippen molar-refractivity contribution in [3.8, 4) is 5.75 Å². The maximum atomic E-state index is 8.16. The Kier molecular flexibility index (Phi) is 6.56. The lowest BCUT2D eigenvalue weighted by molar-refractivity contribution is 0.275. The Labute approximate surface area is 175 Å². The van der Waals surface area contributed by atoms with E-state index in [-0.39, 0.29) is 0 Å². The Hall–Kier alpha value is -2.67. The number of rotatable bonds is 8. The van der Waals surface area contributed by atoms with Crippen LogP contribution in [0.5, 0.6) is 5.75 Å². The standard InChI is InChI=1S/C23H26N4OS/c24-23(22-10-5-11-29-22)27-18-8-4-9-21(13-18)28-16-20-12-19(15-26-20)25-14-17-6-2-1-3-7-17/h1-11,13,19-20,25-26H,12,14-16H2,(H2,24,27)/t19-,20+/m0/s1. The third-order valence-corrected chi connectivity index (χ3v) is 5.87. The van der Waals surface area contributed by atoms with E-state index in [4.69, 9.17) is 10.1 Å². The molecule has 4 rings (SSSR count). The van der Waals surface area contributed by atoms with Crippen molar-refractivity contribution in [2.45, 2.75) is 25.0 Å². The molecule has 2 aromatic carbocycles. The normalized spacial score (nSPS) is 18.5. The predicted molar refractivity (Wildman–Crippen MR) is 120 cm³/mol. The molecule has 5 nitrogen and oxygen atoms in total. The summed E-state index contributed by atoms with van der Waals surface area (Å²) in [5, 5.41) is 20.4. The van der Waals surface area contributed by atoms with Gasteiger partial charge in [0.05, 0.1) is 4.88 Å². The number of thiophene rings is 1. The quantitative estimate of drug-likeness (QED) is 0.336. The van der Waals surface area contributed by atoms with Crippen LogP contribution in [-0.2, 0) is 6.54 Å². The lowest BCUT2D eigenvalue weighted by atomic mass is 10.1. The summed E-state index contributed by atoms with van der Waals surface area (Å²) >= 11 is 1.55. The van der Waals surface area contributed by atoms with Gasteiger partial charge >= 0.3 is 0 Å². The first-order chi connectivity index (χ1) is 14.3. The number of hydrogen-bond donors (Lipinski definition) is 4. The fraction of sp³-hybridized carbons (Fsp3) is 0.261. The molecular formula is C23H26N4OS. The SMILES string of the molecule is N=C(Nc1cccc(OC[C@H]2C[C@H](NCc3ccccc3)CN2)c1)c1cccs1. The molecule has 0 unspecified atom stereocenters. The Bertz CT molecular complexity index is 914. The highest BCUT2D eigenvalue weighted by molar-refractivity contribution is 7.12. The van der Waals surface area contributed by atoms with Crippen molar-refractivity contribution in [3.05, 3.63) is 82.6 Å². The molecule has 0 spiro atoms. The van der Waals surface area contributed by atoms with Crippen LogP contribution in [0.25, 0.3) is 0 Å². The molecule has 1 saturated heterocycles. The number of nitrogens with one attached hydrogen (secondary N) is 4. The smallest absolute Gasteiger partial charge is 0.140 e. The lowest BCUT2D eigenvalue weighted by Crippen LogP contribution is -2.30. The van der Waals surface area contributed by atoms with Crippen molar-refractivity contribution in [1.82, 2.24) is 10.6 Å². The molecular weight excluding hydrogens is 380 g/mol. The van der Waals surface area contributed by atoms with Gasteiger partial charge in [-0.2, -0.15) is 0 Å². The van der Waals surface area contributed by atoms with Crippen molar-refractivity contribution in [1.29, 1.82) is 5.41 Å². The maximum Gasteiger partial charge on any atom is 0.140 e. The van der Waals surface area contributed by atoms with E-state index in [1.54, 1.807) is 11.3 Å². The van der Waals surface area contributed by atoms with E-state index < -0.39 is 0 Å². The van der Waals surface area contributed by atoms with Gasteiger partial charge in [0.25, 0.3) is 0 Å². The van der Waals surface area contributed by atoms with E-state index in [0.29, 0.717) is 24.5 Å². The Balaban J connectivity index is 1.23. The molecule has 0 amide bonds. The van der Waals surface area contributed by atoms with Gasteiger partial charge in [-0.05, 0) is 35.6 Å². The molecule has 6 heteroatoms. The zero-order chi connectivity index (χ0) is 19.9. The summed E-state index contributed by atoms with van der Waals surface area (Å²) < 4.78 is 6.02. The van der Waals surface area contributed by atoms with E-state index in [1.165, 1.54) is 5.56 Å². The number of anilines is 1. The van der Waals surface area contributed by atoms with E-state index in [2.05, 4.69) is 40.2 Å². The van der Waals surface area contributed by atoms with Gasteiger partial charge in [0, 0.05) is 36.9 Å². The molecule has 1 aromatic heterocycles. The average Bonchev–Trinajstić information content (AvgIpc) is 3.44. The second-order valence-electron chi connectivity index (χ2n) is 7.22. The minimum atomic E-state index is 0.337. The minimum Gasteiger partial charge on any atom is -0.492 e. The minimum absolute atomic E-state index is 0.337. The van der Waals surface area contributed by atoms with Gasteiger partial charge in [-0.15, -0.1) is 11.3 Å². The highest BCUT2D eigenvalue weighted by atomic mass is 32.1. The van der Waals surface area contributed by atoms with Crippen LogP contribution in [0.4, 0.5) is 5.69 Å². The highest BCUT2D eigenvalue weighted by Gasteiger charge is 2.24. The number of amidine groups is 1. The van der Waals surface area contributed by atoms with Crippen molar-refractivity contribution >= 4 is 22.9 Å². The molecule has 1 fully saturated rings. The van der Waals surface area contributed by atoms with Crippen molar-refractivity contribution < 1.29 is 4.74 Å². The Morgan fingerprint density at radius 2 is 2.00 bits per heavy atom. The van der Waals surface area contributed by atoms with Crippen molar-refractivity contribution in [2.24, 2.45) is 0 Å². The monoisotopic (exact) mass is 406 g/mol. The van der Waals surface area contributed by atoms with Crippen molar-refractivity contribution in [3.63, 3.8) is 0 Å². The van der Waals surface area contributed by atoms with Gasteiger partial charge in [-0.1, -0.05) is 42.5 Å².